The number of rotatable bonds is 7. The number of hydrogen-bond acceptors (Lipinski definition) is 7. The minimum Gasteiger partial charge on any atom is -0.354 e. The van der Waals surface area contributed by atoms with Crippen molar-refractivity contribution in [3.63, 3.8) is 0 Å². The summed E-state index contributed by atoms with van der Waals surface area (Å²) < 4.78 is 2.07. The van der Waals surface area contributed by atoms with Crippen molar-refractivity contribution in [3.8, 4) is 11.5 Å². The van der Waals surface area contributed by atoms with Crippen LogP contribution in [0.4, 0.5) is 11.6 Å². The minimum atomic E-state index is -0.0290. The summed E-state index contributed by atoms with van der Waals surface area (Å²) in [5.74, 6) is 3.08. The second kappa shape index (κ2) is 9.13. The van der Waals surface area contributed by atoms with Gasteiger partial charge in [0.2, 0.25) is 0 Å². The molecule has 1 saturated heterocycles. The Morgan fingerprint density at radius 2 is 2.03 bits per heavy atom. The lowest BCUT2D eigenvalue weighted by atomic mass is 10.1. The van der Waals surface area contributed by atoms with Crippen molar-refractivity contribution in [2.24, 2.45) is 0 Å². The van der Waals surface area contributed by atoms with Gasteiger partial charge in [-0.05, 0) is 58.4 Å². The van der Waals surface area contributed by atoms with Crippen LogP contribution < -0.4 is 15.1 Å². The van der Waals surface area contributed by atoms with Gasteiger partial charge in [0.25, 0.3) is 5.91 Å². The van der Waals surface area contributed by atoms with Gasteiger partial charge in [-0.15, -0.1) is 10.2 Å². The smallest absolute Gasteiger partial charge is 0.260 e. The summed E-state index contributed by atoms with van der Waals surface area (Å²) in [5.41, 5.74) is 3.36. The molecule has 0 spiro atoms. The van der Waals surface area contributed by atoms with Crippen LogP contribution in [0.2, 0.25) is 0 Å². The standard InChI is InChI=1S/C25H32N8O/c1-5-11-32-17(3)29-30-24(32)20-9-6-10-22(27-20)33-15-19-18(25(33)34)13-23(28-21(19)14-26-4)31-12-7-8-16(31)2/h6,9-10,13,16,26H,5,7-8,11-12,14-15H2,1-4H3/t16-/m0/s1. The Kier molecular flexibility index (Phi) is 6.03. The van der Waals surface area contributed by atoms with Crippen LogP contribution in [0.25, 0.3) is 11.5 Å². The maximum Gasteiger partial charge on any atom is 0.260 e. The van der Waals surface area contributed by atoms with E-state index in [9.17, 15) is 4.79 Å². The molecule has 5 rings (SSSR count). The molecule has 1 atom stereocenters. The highest BCUT2D eigenvalue weighted by molar-refractivity contribution is 6.10. The van der Waals surface area contributed by atoms with Crippen LogP contribution in [0.3, 0.4) is 0 Å². The number of carbonyl (C=O) groups is 1. The molecule has 1 fully saturated rings. The molecule has 34 heavy (non-hydrogen) atoms. The minimum absolute atomic E-state index is 0.0290. The Morgan fingerprint density at radius 3 is 2.76 bits per heavy atom. The zero-order valence-electron chi connectivity index (χ0n) is 20.4. The normalized spacial score (nSPS) is 17.6. The number of nitrogens with zero attached hydrogens (tertiary/aromatic N) is 7. The van der Waals surface area contributed by atoms with E-state index in [1.807, 2.05) is 38.2 Å². The van der Waals surface area contributed by atoms with Gasteiger partial charge in [-0.3, -0.25) is 9.69 Å². The first-order valence-corrected chi connectivity index (χ1v) is 12.1. The molecule has 2 aliphatic heterocycles. The fraction of sp³-hybridized carbons (Fsp3) is 0.480. The molecular weight excluding hydrogens is 428 g/mol. The molecule has 1 N–H and O–H groups in total. The van der Waals surface area contributed by atoms with Gasteiger partial charge in [-0.2, -0.15) is 0 Å². The molecule has 0 unspecified atom stereocenters. The summed E-state index contributed by atoms with van der Waals surface area (Å²) in [7, 11) is 1.91. The predicted molar refractivity (Wildman–Crippen MR) is 132 cm³/mol. The van der Waals surface area contributed by atoms with Crippen LogP contribution in [0.1, 0.15) is 60.5 Å². The first-order valence-electron chi connectivity index (χ1n) is 12.1. The quantitative estimate of drug-likeness (QED) is 0.578. The van der Waals surface area contributed by atoms with E-state index in [1.165, 1.54) is 0 Å². The highest BCUT2D eigenvalue weighted by Crippen LogP contribution is 2.34. The fourth-order valence-electron chi connectivity index (χ4n) is 5.03. The molecular formula is C25H32N8O. The number of fused-ring (bicyclic) bond motifs is 1. The molecule has 9 nitrogen and oxygen atoms in total. The van der Waals surface area contributed by atoms with Gasteiger partial charge in [0.15, 0.2) is 5.82 Å². The lowest BCUT2D eigenvalue weighted by Crippen LogP contribution is -2.28. The van der Waals surface area contributed by atoms with Crippen LogP contribution in [-0.2, 0) is 19.6 Å². The summed E-state index contributed by atoms with van der Waals surface area (Å²) >= 11 is 0. The van der Waals surface area contributed by atoms with E-state index >= 15 is 0 Å². The van der Waals surface area contributed by atoms with E-state index in [2.05, 4.69) is 38.8 Å². The Morgan fingerprint density at radius 1 is 1.18 bits per heavy atom. The summed E-state index contributed by atoms with van der Waals surface area (Å²) in [6, 6.07) is 8.15. The molecule has 0 bridgehead atoms. The molecule has 0 aromatic carbocycles. The van der Waals surface area contributed by atoms with Gasteiger partial charge < -0.3 is 14.8 Å². The number of amides is 1. The molecule has 3 aromatic rings. The molecule has 5 heterocycles. The van der Waals surface area contributed by atoms with E-state index in [1.54, 1.807) is 4.90 Å². The molecule has 1 amide bonds. The van der Waals surface area contributed by atoms with Gasteiger partial charge in [0.1, 0.15) is 23.2 Å². The molecule has 0 radical (unpaired) electrons. The second-order valence-corrected chi connectivity index (χ2v) is 9.16. The van der Waals surface area contributed by atoms with Crippen LogP contribution in [0.5, 0.6) is 0 Å². The lowest BCUT2D eigenvalue weighted by Gasteiger charge is -2.24. The van der Waals surface area contributed by atoms with E-state index in [4.69, 9.17) is 9.97 Å². The number of anilines is 2. The highest BCUT2D eigenvalue weighted by atomic mass is 16.2. The Labute approximate surface area is 200 Å². The summed E-state index contributed by atoms with van der Waals surface area (Å²) in [5, 5.41) is 11.8. The zero-order valence-corrected chi connectivity index (χ0v) is 20.4. The van der Waals surface area contributed by atoms with Crippen LogP contribution in [-0.4, -0.2) is 50.3 Å². The van der Waals surface area contributed by atoms with Crippen LogP contribution >= 0.6 is 0 Å². The van der Waals surface area contributed by atoms with Gasteiger partial charge >= 0.3 is 0 Å². The van der Waals surface area contributed by atoms with Crippen molar-refractivity contribution in [2.45, 2.75) is 65.7 Å². The van der Waals surface area contributed by atoms with Gasteiger partial charge in [0.05, 0.1) is 17.8 Å². The van der Waals surface area contributed by atoms with Crippen molar-refractivity contribution in [3.05, 3.63) is 46.9 Å². The van der Waals surface area contributed by atoms with Gasteiger partial charge in [0, 0.05) is 31.2 Å². The zero-order chi connectivity index (χ0) is 23.8. The monoisotopic (exact) mass is 460 g/mol. The van der Waals surface area contributed by atoms with Crippen LogP contribution in [0.15, 0.2) is 24.3 Å². The number of aryl methyl sites for hydroxylation is 1. The van der Waals surface area contributed by atoms with E-state index in [0.29, 0.717) is 24.9 Å². The second-order valence-electron chi connectivity index (χ2n) is 9.16. The Hall–Kier alpha value is -3.33. The first-order chi connectivity index (χ1) is 16.5. The predicted octanol–water partition coefficient (Wildman–Crippen LogP) is 3.32. The molecule has 3 aromatic heterocycles. The third-order valence-electron chi connectivity index (χ3n) is 6.80. The third kappa shape index (κ3) is 3.83. The Bertz CT molecular complexity index is 1220. The van der Waals surface area contributed by atoms with Crippen molar-refractivity contribution < 1.29 is 4.79 Å². The Balaban J connectivity index is 1.51. The fourth-order valence-corrected chi connectivity index (χ4v) is 5.03. The van der Waals surface area contributed by atoms with Crippen molar-refractivity contribution in [1.82, 2.24) is 30.0 Å². The molecule has 0 saturated carbocycles. The first kappa shape index (κ1) is 22.5. The highest BCUT2D eigenvalue weighted by Gasteiger charge is 2.34. The molecule has 9 heteroatoms. The number of hydrogen-bond donors (Lipinski definition) is 1. The molecule has 178 valence electrons. The average Bonchev–Trinajstić information content (AvgIpc) is 3.52. The number of aromatic nitrogens is 5. The van der Waals surface area contributed by atoms with Crippen molar-refractivity contribution in [1.29, 1.82) is 0 Å². The van der Waals surface area contributed by atoms with E-state index in [0.717, 1.165) is 72.3 Å². The summed E-state index contributed by atoms with van der Waals surface area (Å²) in [4.78, 5) is 27.5. The third-order valence-corrected chi connectivity index (χ3v) is 6.80. The van der Waals surface area contributed by atoms with E-state index in [-0.39, 0.29) is 5.91 Å². The number of nitrogens with one attached hydrogen (secondary N) is 1. The van der Waals surface area contributed by atoms with Gasteiger partial charge in [-0.1, -0.05) is 13.0 Å². The molecule has 0 aliphatic carbocycles. The average molecular weight is 461 g/mol. The van der Waals surface area contributed by atoms with E-state index < -0.39 is 0 Å². The maximum atomic E-state index is 13.6. The summed E-state index contributed by atoms with van der Waals surface area (Å²) in [6.45, 7) is 9.18. The largest absolute Gasteiger partial charge is 0.354 e. The van der Waals surface area contributed by atoms with Gasteiger partial charge in [-0.25, -0.2) is 9.97 Å². The van der Waals surface area contributed by atoms with Crippen molar-refractivity contribution >= 4 is 17.5 Å². The topological polar surface area (TPSA) is 92.1 Å². The van der Waals surface area contributed by atoms with Crippen molar-refractivity contribution in [2.75, 3.05) is 23.4 Å². The summed E-state index contributed by atoms with van der Waals surface area (Å²) in [6.07, 6.45) is 3.28. The van der Waals surface area contributed by atoms with Crippen LogP contribution in [0, 0.1) is 6.92 Å². The number of pyridine rings is 2. The SMILES string of the molecule is CCCn1c(C)nnc1-c1cccc(N2Cc3c(cc(N4CCC[C@@H]4C)nc3CNC)C2=O)n1. The number of carbonyl (C=O) groups excluding carboxylic acids is 1. The maximum absolute atomic E-state index is 13.6. The molecule has 2 aliphatic rings. The lowest BCUT2D eigenvalue weighted by molar-refractivity contribution is 0.0996.